The predicted molar refractivity (Wildman–Crippen MR) is 116 cm³/mol. The van der Waals surface area contributed by atoms with E-state index in [1.165, 1.54) is 11.6 Å². The molecule has 0 bridgehead atoms. The van der Waals surface area contributed by atoms with E-state index in [1.54, 1.807) is 18.2 Å². The van der Waals surface area contributed by atoms with Crippen molar-refractivity contribution in [1.29, 1.82) is 5.26 Å². The molecule has 0 saturated carbocycles. The van der Waals surface area contributed by atoms with Crippen LogP contribution in [0.2, 0.25) is 0 Å². The summed E-state index contributed by atoms with van der Waals surface area (Å²) in [4.78, 5) is 0. The van der Waals surface area contributed by atoms with Gasteiger partial charge in [-0.3, -0.25) is 0 Å². The van der Waals surface area contributed by atoms with Crippen LogP contribution >= 0.6 is 0 Å². The van der Waals surface area contributed by atoms with Crippen LogP contribution in [0, 0.1) is 40.6 Å². The first kappa shape index (κ1) is 20.3. The number of halogens is 3. The summed E-state index contributed by atoms with van der Waals surface area (Å²) in [5.74, 6) is 2.72. The van der Waals surface area contributed by atoms with Gasteiger partial charge in [-0.1, -0.05) is 61.2 Å². The average Bonchev–Trinajstić information content (AvgIpc) is 2.78. The van der Waals surface area contributed by atoms with Crippen molar-refractivity contribution >= 4 is 10.8 Å². The molecule has 0 aromatic heterocycles. The molecular formula is C27H16F3N. The molecule has 0 radical (unpaired) electrons. The van der Waals surface area contributed by atoms with E-state index in [0.717, 1.165) is 35.1 Å². The van der Waals surface area contributed by atoms with Gasteiger partial charge in [-0.15, -0.1) is 0 Å². The Bertz CT molecular complexity index is 1380. The van der Waals surface area contributed by atoms with E-state index in [0.29, 0.717) is 5.39 Å². The first-order valence-electron chi connectivity index (χ1n) is 9.73. The molecule has 4 heteroatoms. The Balaban J connectivity index is 1.69. The lowest BCUT2D eigenvalue weighted by molar-refractivity contribution is 0.576. The summed E-state index contributed by atoms with van der Waals surface area (Å²) in [6, 6.07) is 20.4. The Hall–Kier alpha value is -4.02. The van der Waals surface area contributed by atoms with Crippen LogP contribution in [0.1, 0.15) is 29.2 Å². The average molecular weight is 411 g/mol. The van der Waals surface area contributed by atoms with Crippen LogP contribution in [-0.4, -0.2) is 0 Å². The summed E-state index contributed by atoms with van der Waals surface area (Å²) in [6.45, 7) is 2.10. The maximum atomic E-state index is 15.0. The van der Waals surface area contributed by atoms with Crippen LogP contribution < -0.4 is 0 Å². The van der Waals surface area contributed by atoms with Crippen molar-refractivity contribution < 1.29 is 13.2 Å². The Labute approximate surface area is 178 Å². The minimum Gasteiger partial charge on any atom is -0.205 e. The summed E-state index contributed by atoms with van der Waals surface area (Å²) in [5.41, 5.74) is 2.77. The van der Waals surface area contributed by atoms with E-state index in [2.05, 4.69) is 30.9 Å². The summed E-state index contributed by atoms with van der Waals surface area (Å²) >= 11 is 0. The quantitative estimate of drug-likeness (QED) is 0.334. The summed E-state index contributed by atoms with van der Waals surface area (Å²) in [7, 11) is 0. The van der Waals surface area contributed by atoms with E-state index in [-0.39, 0.29) is 11.1 Å². The fourth-order valence-corrected chi connectivity index (χ4v) is 3.39. The summed E-state index contributed by atoms with van der Waals surface area (Å²) < 4.78 is 42.5. The van der Waals surface area contributed by atoms with Crippen molar-refractivity contribution in [2.75, 3.05) is 0 Å². The lowest BCUT2D eigenvalue weighted by Crippen LogP contribution is -1.92. The zero-order valence-electron chi connectivity index (χ0n) is 16.6. The Kier molecular flexibility index (Phi) is 5.48. The minimum absolute atomic E-state index is 0.0272. The Morgan fingerprint density at radius 3 is 2.10 bits per heavy atom. The van der Waals surface area contributed by atoms with Gasteiger partial charge >= 0.3 is 0 Å². The molecule has 0 aliphatic heterocycles. The van der Waals surface area contributed by atoms with Gasteiger partial charge in [-0.05, 0) is 52.8 Å². The van der Waals surface area contributed by atoms with E-state index in [9.17, 15) is 13.2 Å². The number of rotatable bonds is 2. The number of nitriles is 1. The molecule has 0 atom stereocenters. The van der Waals surface area contributed by atoms with Gasteiger partial charge in [0, 0.05) is 10.9 Å². The van der Waals surface area contributed by atoms with Gasteiger partial charge in [0.05, 0.1) is 5.56 Å². The summed E-state index contributed by atoms with van der Waals surface area (Å²) in [5, 5.41) is 9.88. The topological polar surface area (TPSA) is 23.8 Å². The molecular weight excluding hydrogens is 395 g/mol. The highest BCUT2D eigenvalue weighted by Crippen LogP contribution is 2.27. The predicted octanol–water partition coefficient (Wildman–Crippen LogP) is 6.76. The molecule has 0 unspecified atom stereocenters. The van der Waals surface area contributed by atoms with Crippen LogP contribution in [-0.2, 0) is 6.42 Å². The minimum atomic E-state index is -0.995. The Morgan fingerprint density at radius 1 is 0.774 bits per heavy atom. The van der Waals surface area contributed by atoms with E-state index < -0.39 is 23.0 Å². The molecule has 0 saturated heterocycles. The number of hydrogen-bond donors (Lipinski definition) is 0. The van der Waals surface area contributed by atoms with Crippen LogP contribution in [0.4, 0.5) is 13.2 Å². The van der Waals surface area contributed by atoms with Gasteiger partial charge in [-0.25, -0.2) is 13.2 Å². The van der Waals surface area contributed by atoms with E-state index in [4.69, 9.17) is 5.26 Å². The first-order chi connectivity index (χ1) is 15.0. The smallest absolute Gasteiger partial charge is 0.146 e. The molecule has 31 heavy (non-hydrogen) atoms. The lowest BCUT2D eigenvalue weighted by Gasteiger charge is -2.07. The van der Waals surface area contributed by atoms with Crippen LogP contribution in [0.25, 0.3) is 21.9 Å². The fraction of sp³-hybridized carbons (Fsp3) is 0.0741. The van der Waals surface area contributed by atoms with Crippen LogP contribution in [0.15, 0.2) is 66.7 Å². The molecule has 1 nitrogen and oxygen atoms in total. The molecule has 0 heterocycles. The molecule has 0 aliphatic rings. The third-order valence-corrected chi connectivity index (χ3v) is 5.14. The molecule has 0 aliphatic carbocycles. The van der Waals surface area contributed by atoms with Crippen molar-refractivity contribution in [2.45, 2.75) is 13.3 Å². The maximum Gasteiger partial charge on any atom is 0.146 e. The third-order valence-electron chi connectivity index (χ3n) is 5.14. The molecule has 150 valence electrons. The second kappa shape index (κ2) is 8.38. The zero-order chi connectivity index (χ0) is 22.0. The van der Waals surface area contributed by atoms with Gasteiger partial charge < -0.3 is 0 Å². The third kappa shape index (κ3) is 4.02. The molecule has 0 N–H and O–H groups in total. The van der Waals surface area contributed by atoms with Crippen molar-refractivity contribution in [2.24, 2.45) is 0 Å². The number of fused-ring (bicyclic) bond motifs is 1. The van der Waals surface area contributed by atoms with Crippen molar-refractivity contribution in [1.82, 2.24) is 0 Å². The van der Waals surface area contributed by atoms with Crippen molar-refractivity contribution in [3.05, 3.63) is 106 Å². The highest BCUT2D eigenvalue weighted by atomic mass is 19.1. The molecule has 4 rings (SSSR count). The molecule has 4 aromatic rings. The number of nitrogens with zero attached hydrogens (tertiary/aromatic N) is 1. The van der Waals surface area contributed by atoms with Crippen molar-refractivity contribution in [3.63, 3.8) is 0 Å². The monoisotopic (exact) mass is 411 g/mol. The van der Waals surface area contributed by atoms with Gasteiger partial charge in [0.15, 0.2) is 0 Å². The number of aryl methyl sites for hydroxylation is 1. The van der Waals surface area contributed by atoms with Gasteiger partial charge in [0.1, 0.15) is 29.1 Å². The van der Waals surface area contributed by atoms with Crippen molar-refractivity contribution in [3.8, 4) is 29.0 Å². The van der Waals surface area contributed by atoms with Gasteiger partial charge in [0.25, 0.3) is 0 Å². The molecule has 0 amide bonds. The second-order valence-corrected chi connectivity index (χ2v) is 7.09. The number of hydrogen-bond acceptors (Lipinski definition) is 1. The highest BCUT2D eigenvalue weighted by Gasteiger charge is 2.10. The normalized spacial score (nSPS) is 10.4. The van der Waals surface area contributed by atoms with Gasteiger partial charge in [0.2, 0.25) is 0 Å². The van der Waals surface area contributed by atoms with E-state index in [1.807, 2.05) is 24.3 Å². The zero-order valence-corrected chi connectivity index (χ0v) is 16.6. The van der Waals surface area contributed by atoms with Crippen LogP contribution in [0.5, 0.6) is 0 Å². The Morgan fingerprint density at radius 2 is 1.45 bits per heavy atom. The molecule has 0 spiro atoms. The second-order valence-electron chi connectivity index (χ2n) is 7.09. The van der Waals surface area contributed by atoms with Gasteiger partial charge in [-0.2, -0.15) is 5.26 Å². The fourth-order valence-electron chi connectivity index (χ4n) is 3.39. The molecule has 4 aromatic carbocycles. The maximum absolute atomic E-state index is 15.0. The molecule has 0 fully saturated rings. The SMILES string of the molecule is CCc1ccc(-c2ccc3c(F)c(C#Cc4cc(F)c(C#N)c(F)c4)ccc3c2)cc1. The highest BCUT2D eigenvalue weighted by molar-refractivity contribution is 5.89. The lowest BCUT2D eigenvalue weighted by atomic mass is 9.98. The number of benzene rings is 4. The largest absolute Gasteiger partial charge is 0.205 e. The van der Waals surface area contributed by atoms with Crippen LogP contribution in [0.3, 0.4) is 0 Å². The summed E-state index contributed by atoms with van der Waals surface area (Å²) in [6.07, 6.45) is 0.967. The first-order valence-corrected chi connectivity index (χ1v) is 9.73. The standard InChI is InChI=1S/C27H16F3N/c1-2-17-3-6-19(7-4-17)21-11-12-23-22(15-21)10-9-20(27(23)30)8-5-18-13-25(28)24(16-31)26(29)14-18/h3-4,6-7,9-15H,2H2,1H3. The van der Waals surface area contributed by atoms with E-state index >= 15 is 0 Å².